The van der Waals surface area contributed by atoms with Crippen molar-refractivity contribution in [3.63, 3.8) is 0 Å². The maximum absolute atomic E-state index is 14.4. The van der Waals surface area contributed by atoms with Gasteiger partial charge in [-0.15, -0.1) is 0 Å². The Hall–Kier alpha value is -4.43. The number of rotatable bonds is 12. The van der Waals surface area contributed by atoms with Crippen molar-refractivity contribution in [3.8, 4) is 0 Å². The maximum Gasteiger partial charge on any atom is 0.264 e. The molecule has 2 amide bonds. The van der Waals surface area contributed by atoms with Crippen LogP contribution < -0.4 is 9.62 Å². The van der Waals surface area contributed by atoms with Gasteiger partial charge in [0, 0.05) is 19.5 Å². The molecule has 1 atom stereocenters. The molecule has 0 spiro atoms. The van der Waals surface area contributed by atoms with Crippen LogP contribution in [0.15, 0.2) is 108 Å². The Balaban J connectivity index is 1.80. The molecule has 4 rings (SSSR count). The van der Waals surface area contributed by atoms with Crippen molar-refractivity contribution in [1.82, 2.24) is 10.2 Å². The normalized spacial score (nSPS) is 11.9. The summed E-state index contributed by atoms with van der Waals surface area (Å²) in [6, 6.07) is 30.1. The number of carbonyl (C=O) groups is 2. The van der Waals surface area contributed by atoms with Crippen molar-refractivity contribution in [2.45, 2.75) is 51.6 Å². The number of aryl methyl sites for hydroxylation is 3. The minimum Gasteiger partial charge on any atom is -0.355 e. The second-order valence-corrected chi connectivity index (χ2v) is 12.6. The molecular weight excluding hydrogens is 558 g/mol. The summed E-state index contributed by atoms with van der Waals surface area (Å²) in [6.45, 7) is 7.54. The average molecular weight is 598 g/mol. The fourth-order valence-corrected chi connectivity index (χ4v) is 6.54. The van der Waals surface area contributed by atoms with Crippen LogP contribution in [0.1, 0.15) is 34.7 Å². The minimum atomic E-state index is -4.14. The van der Waals surface area contributed by atoms with E-state index >= 15 is 0 Å². The molecule has 43 heavy (non-hydrogen) atoms. The number of sulfonamides is 1. The quantitative estimate of drug-likeness (QED) is 0.231. The van der Waals surface area contributed by atoms with E-state index in [9.17, 15) is 18.0 Å². The number of hydrogen-bond donors (Lipinski definition) is 1. The van der Waals surface area contributed by atoms with Gasteiger partial charge >= 0.3 is 0 Å². The molecule has 0 aromatic heterocycles. The van der Waals surface area contributed by atoms with Crippen molar-refractivity contribution in [1.29, 1.82) is 0 Å². The zero-order valence-electron chi connectivity index (χ0n) is 25.2. The first-order valence-electron chi connectivity index (χ1n) is 14.4. The van der Waals surface area contributed by atoms with Gasteiger partial charge in [0.15, 0.2) is 0 Å². The summed E-state index contributed by atoms with van der Waals surface area (Å²) < 4.78 is 29.5. The molecule has 8 heteroatoms. The third-order valence-electron chi connectivity index (χ3n) is 7.33. The van der Waals surface area contributed by atoms with E-state index in [0.717, 1.165) is 27.8 Å². The molecule has 7 nitrogen and oxygen atoms in total. The van der Waals surface area contributed by atoms with Crippen LogP contribution in [0.2, 0.25) is 0 Å². The summed E-state index contributed by atoms with van der Waals surface area (Å²) in [5.74, 6) is -0.776. The summed E-state index contributed by atoms with van der Waals surface area (Å²) in [7, 11) is -4.14. The Kier molecular flexibility index (Phi) is 10.4. The SMILES string of the molecule is CCNC(=O)[C@H](Cc1ccccc1)N(Cc1ccccc1)C(=O)CN(c1ccc(C)cc1C)S(=O)(=O)c1ccc(C)cc1. The van der Waals surface area contributed by atoms with Crippen LogP contribution >= 0.6 is 0 Å². The van der Waals surface area contributed by atoms with Crippen LogP contribution in [-0.2, 0) is 32.6 Å². The third-order valence-corrected chi connectivity index (χ3v) is 9.10. The standard InChI is InChI=1S/C35H39N3O4S/c1-5-36-35(40)33(23-29-12-8-6-9-13-29)37(24-30-14-10-7-11-15-30)34(39)25-38(32-21-18-27(3)22-28(32)4)43(41,42)31-19-16-26(2)17-20-31/h6-22,33H,5,23-25H2,1-4H3,(H,36,40)/t33-/m0/s1. The first-order valence-corrected chi connectivity index (χ1v) is 15.9. The Morgan fingerprint density at radius 3 is 1.93 bits per heavy atom. The van der Waals surface area contributed by atoms with Crippen molar-refractivity contribution >= 4 is 27.5 Å². The smallest absolute Gasteiger partial charge is 0.264 e. The van der Waals surface area contributed by atoms with Crippen LogP contribution in [0, 0.1) is 20.8 Å². The van der Waals surface area contributed by atoms with Crippen molar-refractivity contribution in [3.05, 3.63) is 131 Å². The Labute approximate surface area is 255 Å². The molecule has 0 fully saturated rings. The van der Waals surface area contributed by atoms with E-state index in [1.54, 1.807) is 30.3 Å². The lowest BCUT2D eigenvalue weighted by molar-refractivity contribution is -0.140. The molecule has 1 N–H and O–H groups in total. The van der Waals surface area contributed by atoms with E-state index < -0.39 is 28.5 Å². The number of nitrogens with one attached hydrogen (secondary N) is 1. The van der Waals surface area contributed by atoms with E-state index in [0.29, 0.717) is 12.2 Å². The van der Waals surface area contributed by atoms with E-state index in [1.165, 1.54) is 9.21 Å². The number of anilines is 1. The van der Waals surface area contributed by atoms with Gasteiger partial charge in [0.25, 0.3) is 10.0 Å². The molecule has 0 aliphatic carbocycles. The third kappa shape index (κ3) is 7.90. The second kappa shape index (κ2) is 14.2. The summed E-state index contributed by atoms with van der Waals surface area (Å²) in [5, 5.41) is 2.88. The second-order valence-electron chi connectivity index (χ2n) is 10.7. The van der Waals surface area contributed by atoms with E-state index in [2.05, 4.69) is 5.32 Å². The van der Waals surface area contributed by atoms with Gasteiger partial charge in [0.2, 0.25) is 11.8 Å². The molecule has 0 radical (unpaired) electrons. The molecule has 0 bridgehead atoms. The van der Waals surface area contributed by atoms with E-state index in [1.807, 2.05) is 100 Å². The fraction of sp³-hybridized carbons (Fsp3) is 0.257. The fourth-order valence-electron chi connectivity index (χ4n) is 5.06. The number of hydrogen-bond acceptors (Lipinski definition) is 4. The van der Waals surface area contributed by atoms with Gasteiger partial charge in [-0.3, -0.25) is 13.9 Å². The molecule has 0 aliphatic rings. The molecule has 0 saturated carbocycles. The summed E-state index contributed by atoms with van der Waals surface area (Å²) >= 11 is 0. The first-order chi connectivity index (χ1) is 20.6. The van der Waals surface area contributed by atoms with Crippen molar-refractivity contribution in [2.75, 3.05) is 17.4 Å². The highest BCUT2D eigenvalue weighted by atomic mass is 32.2. The zero-order valence-corrected chi connectivity index (χ0v) is 26.0. The molecule has 4 aromatic carbocycles. The summed E-state index contributed by atoms with van der Waals surface area (Å²) in [5.41, 5.74) is 4.76. The lowest BCUT2D eigenvalue weighted by Crippen LogP contribution is -2.53. The van der Waals surface area contributed by atoms with Gasteiger partial charge in [-0.2, -0.15) is 0 Å². The Morgan fingerprint density at radius 2 is 1.35 bits per heavy atom. The molecule has 0 unspecified atom stereocenters. The lowest BCUT2D eigenvalue weighted by atomic mass is 10.0. The number of likely N-dealkylation sites (N-methyl/N-ethyl adjacent to an activating group) is 1. The highest BCUT2D eigenvalue weighted by Gasteiger charge is 2.35. The minimum absolute atomic E-state index is 0.0880. The Morgan fingerprint density at radius 1 is 0.767 bits per heavy atom. The average Bonchev–Trinajstić information content (AvgIpc) is 2.99. The van der Waals surface area contributed by atoms with Crippen LogP contribution in [0.4, 0.5) is 5.69 Å². The van der Waals surface area contributed by atoms with E-state index in [-0.39, 0.29) is 23.8 Å². The number of nitrogens with zero attached hydrogens (tertiary/aromatic N) is 2. The van der Waals surface area contributed by atoms with Crippen LogP contribution in [-0.4, -0.2) is 44.3 Å². The number of carbonyl (C=O) groups excluding carboxylic acids is 2. The predicted octanol–water partition coefficient (Wildman–Crippen LogP) is 5.58. The molecular formula is C35H39N3O4S. The largest absolute Gasteiger partial charge is 0.355 e. The number of amides is 2. The van der Waals surface area contributed by atoms with Gasteiger partial charge in [-0.05, 0) is 62.6 Å². The summed E-state index contributed by atoms with van der Waals surface area (Å²) in [4.78, 5) is 29.6. The lowest BCUT2D eigenvalue weighted by Gasteiger charge is -2.34. The highest BCUT2D eigenvalue weighted by Crippen LogP contribution is 2.28. The monoisotopic (exact) mass is 597 g/mol. The number of benzene rings is 4. The summed E-state index contributed by atoms with van der Waals surface area (Å²) in [6.07, 6.45) is 0.277. The van der Waals surface area contributed by atoms with Gasteiger partial charge < -0.3 is 10.2 Å². The molecule has 0 heterocycles. The maximum atomic E-state index is 14.4. The Bertz CT molecular complexity index is 1640. The van der Waals surface area contributed by atoms with Gasteiger partial charge in [0.05, 0.1) is 10.6 Å². The highest BCUT2D eigenvalue weighted by molar-refractivity contribution is 7.92. The predicted molar refractivity (Wildman–Crippen MR) is 171 cm³/mol. The first kappa shape index (κ1) is 31.5. The van der Waals surface area contributed by atoms with Crippen LogP contribution in [0.25, 0.3) is 0 Å². The van der Waals surface area contributed by atoms with Crippen molar-refractivity contribution in [2.24, 2.45) is 0 Å². The molecule has 4 aromatic rings. The molecule has 0 saturated heterocycles. The van der Waals surface area contributed by atoms with Crippen LogP contribution in [0.3, 0.4) is 0 Å². The van der Waals surface area contributed by atoms with Gasteiger partial charge in [0.1, 0.15) is 12.6 Å². The van der Waals surface area contributed by atoms with Crippen LogP contribution in [0.5, 0.6) is 0 Å². The van der Waals surface area contributed by atoms with Gasteiger partial charge in [-0.25, -0.2) is 8.42 Å². The van der Waals surface area contributed by atoms with Gasteiger partial charge in [-0.1, -0.05) is 96.1 Å². The molecule has 0 aliphatic heterocycles. The van der Waals surface area contributed by atoms with E-state index in [4.69, 9.17) is 0 Å². The molecule has 224 valence electrons. The topological polar surface area (TPSA) is 86.8 Å². The van der Waals surface area contributed by atoms with Crippen molar-refractivity contribution < 1.29 is 18.0 Å². The zero-order chi connectivity index (χ0) is 31.0.